The van der Waals surface area contributed by atoms with Crippen LogP contribution in [0.2, 0.25) is 5.02 Å². The number of hydrogen-bond acceptors (Lipinski definition) is 5. The molecule has 1 aliphatic rings. The van der Waals surface area contributed by atoms with Crippen LogP contribution in [0.3, 0.4) is 0 Å². The van der Waals surface area contributed by atoms with Gasteiger partial charge in [0.2, 0.25) is 0 Å². The Morgan fingerprint density at radius 3 is 2.54 bits per heavy atom. The van der Waals surface area contributed by atoms with E-state index < -0.39 is 0 Å². The zero-order valence-electron chi connectivity index (χ0n) is 13.9. The van der Waals surface area contributed by atoms with E-state index in [0.717, 1.165) is 53.0 Å². The molecule has 1 aliphatic heterocycles. The summed E-state index contributed by atoms with van der Waals surface area (Å²) in [6.07, 6.45) is 0. The summed E-state index contributed by atoms with van der Waals surface area (Å²) in [6.45, 7) is 3.29. The van der Waals surface area contributed by atoms with E-state index >= 15 is 0 Å². The maximum atomic E-state index is 5.90. The van der Waals surface area contributed by atoms with Crippen LogP contribution in [0.15, 0.2) is 42.5 Å². The van der Waals surface area contributed by atoms with Crippen LogP contribution in [0, 0.1) is 0 Å². The van der Waals surface area contributed by atoms with Gasteiger partial charge in [-0.05, 0) is 54.7 Å². The van der Waals surface area contributed by atoms with Crippen LogP contribution in [-0.4, -0.2) is 36.4 Å². The molecule has 134 valence electrons. The normalized spacial score (nSPS) is 14.4. The third-order valence-corrected chi connectivity index (χ3v) is 5.55. The van der Waals surface area contributed by atoms with E-state index in [1.165, 1.54) is 0 Å². The van der Waals surface area contributed by atoms with E-state index in [4.69, 9.17) is 33.5 Å². The summed E-state index contributed by atoms with van der Waals surface area (Å²) in [7, 11) is 0. The molecule has 26 heavy (non-hydrogen) atoms. The Hall–Kier alpha value is -1.93. The number of benzene rings is 2. The molecule has 2 heterocycles. The second-order valence-corrected chi connectivity index (χ2v) is 7.72. The van der Waals surface area contributed by atoms with Gasteiger partial charge in [0.15, 0.2) is 10.2 Å². The number of anilines is 3. The summed E-state index contributed by atoms with van der Waals surface area (Å²) >= 11 is 13.0. The van der Waals surface area contributed by atoms with Crippen LogP contribution in [0.25, 0.3) is 10.2 Å². The Kier molecular flexibility index (Phi) is 5.21. The number of aromatic nitrogens is 1. The summed E-state index contributed by atoms with van der Waals surface area (Å²) in [5.74, 6) is 0. The van der Waals surface area contributed by atoms with Crippen molar-refractivity contribution in [2.45, 2.75) is 0 Å². The first kappa shape index (κ1) is 17.5. The minimum absolute atomic E-state index is 0.532. The summed E-state index contributed by atoms with van der Waals surface area (Å²) < 4.78 is 6.54. The third kappa shape index (κ3) is 4.07. The summed E-state index contributed by atoms with van der Waals surface area (Å²) in [4.78, 5) is 7.00. The van der Waals surface area contributed by atoms with Gasteiger partial charge in [-0.15, -0.1) is 0 Å². The predicted octanol–water partition coefficient (Wildman–Crippen LogP) is 4.60. The Morgan fingerprint density at radius 2 is 1.77 bits per heavy atom. The Morgan fingerprint density at radius 1 is 1.08 bits per heavy atom. The smallest absolute Gasteiger partial charge is 0.186 e. The average Bonchev–Trinajstić information content (AvgIpc) is 3.08. The lowest BCUT2D eigenvalue weighted by molar-refractivity contribution is 0.122. The molecule has 1 aromatic heterocycles. The van der Waals surface area contributed by atoms with Crippen LogP contribution in [-0.2, 0) is 4.74 Å². The van der Waals surface area contributed by atoms with Crippen LogP contribution in [0.1, 0.15) is 0 Å². The largest absolute Gasteiger partial charge is 0.378 e. The topological polar surface area (TPSA) is 49.4 Å². The van der Waals surface area contributed by atoms with Crippen LogP contribution < -0.4 is 15.5 Å². The maximum Gasteiger partial charge on any atom is 0.186 e. The predicted molar refractivity (Wildman–Crippen MR) is 114 cm³/mol. The standard InChI is InChI=1S/C18H17ClN4OS2/c19-12-1-3-13(4-2-12)20-17(25)21-14-5-6-15-16(11-14)26-18(22-15)23-7-9-24-10-8-23/h1-6,11H,7-10H2,(H2,20,21,25). The van der Waals surface area contributed by atoms with Gasteiger partial charge in [0, 0.05) is 29.5 Å². The minimum atomic E-state index is 0.532. The van der Waals surface area contributed by atoms with Crippen molar-refractivity contribution in [3.63, 3.8) is 0 Å². The Balaban J connectivity index is 1.46. The van der Waals surface area contributed by atoms with Crippen molar-refractivity contribution in [2.75, 3.05) is 41.8 Å². The Labute approximate surface area is 165 Å². The SMILES string of the molecule is S=C(Nc1ccc(Cl)cc1)Nc1ccc2nc(N3CCOCC3)sc2c1. The lowest BCUT2D eigenvalue weighted by atomic mass is 10.3. The summed E-state index contributed by atoms with van der Waals surface area (Å²) in [5.41, 5.74) is 2.82. The van der Waals surface area contributed by atoms with Gasteiger partial charge >= 0.3 is 0 Å². The highest BCUT2D eigenvalue weighted by Crippen LogP contribution is 2.31. The number of ether oxygens (including phenoxy) is 1. The van der Waals surface area contributed by atoms with Gasteiger partial charge in [-0.3, -0.25) is 0 Å². The fourth-order valence-electron chi connectivity index (χ4n) is 2.71. The maximum absolute atomic E-state index is 5.90. The molecule has 4 rings (SSSR count). The number of nitrogens with one attached hydrogen (secondary N) is 2. The number of halogens is 1. The van der Waals surface area contributed by atoms with Gasteiger partial charge in [0.1, 0.15) is 0 Å². The van der Waals surface area contributed by atoms with E-state index in [1.54, 1.807) is 11.3 Å². The molecule has 8 heteroatoms. The molecular weight excluding hydrogens is 388 g/mol. The lowest BCUT2D eigenvalue weighted by Crippen LogP contribution is -2.36. The van der Waals surface area contributed by atoms with Gasteiger partial charge < -0.3 is 20.3 Å². The third-order valence-electron chi connectivity index (χ3n) is 4.02. The molecular formula is C18H17ClN4OS2. The van der Waals surface area contributed by atoms with E-state index in [0.29, 0.717) is 10.1 Å². The van der Waals surface area contributed by atoms with Gasteiger partial charge in [-0.1, -0.05) is 22.9 Å². The van der Waals surface area contributed by atoms with E-state index in [1.807, 2.05) is 36.4 Å². The van der Waals surface area contributed by atoms with E-state index in [9.17, 15) is 0 Å². The molecule has 0 atom stereocenters. The molecule has 0 amide bonds. The van der Waals surface area contributed by atoms with Crippen molar-refractivity contribution in [3.05, 3.63) is 47.5 Å². The van der Waals surface area contributed by atoms with Crippen LogP contribution in [0.5, 0.6) is 0 Å². The monoisotopic (exact) mass is 404 g/mol. The second kappa shape index (κ2) is 7.75. The van der Waals surface area contributed by atoms with Gasteiger partial charge in [-0.25, -0.2) is 4.98 Å². The van der Waals surface area contributed by atoms with Crippen molar-refractivity contribution in [2.24, 2.45) is 0 Å². The molecule has 0 bridgehead atoms. The molecule has 0 radical (unpaired) electrons. The number of thiocarbonyl (C=S) groups is 1. The molecule has 5 nitrogen and oxygen atoms in total. The fraction of sp³-hybridized carbons (Fsp3) is 0.222. The second-order valence-electron chi connectivity index (χ2n) is 5.86. The van der Waals surface area contributed by atoms with Crippen molar-refractivity contribution in [1.29, 1.82) is 0 Å². The molecule has 1 saturated heterocycles. The van der Waals surface area contributed by atoms with Gasteiger partial charge in [0.25, 0.3) is 0 Å². The number of hydrogen-bond donors (Lipinski definition) is 2. The zero-order valence-corrected chi connectivity index (χ0v) is 16.3. The van der Waals surface area contributed by atoms with Crippen molar-refractivity contribution in [1.82, 2.24) is 4.98 Å². The number of nitrogens with zero attached hydrogens (tertiary/aromatic N) is 2. The van der Waals surface area contributed by atoms with Crippen LogP contribution in [0.4, 0.5) is 16.5 Å². The highest BCUT2D eigenvalue weighted by Gasteiger charge is 2.15. The number of fused-ring (bicyclic) bond motifs is 1. The van der Waals surface area contributed by atoms with E-state index in [-0.39, 0.29) is 0 Å². The highest BCUT2D eigenvalue weighted by molar-refractivity contribution is 7.80. The first-order chi connectivity index (χ1) is 12.7. The summed E-state index contributed by atoms with van der Waals surface area (Å²) in [5, 5.41) is 8.64. The molecule has 0 unspecified atom stereocenters. The first-order valence-corrected chi connectivity index (χ1v) is 9.84. The number of morpholine rings is 1. The van der Waals surface area contributed by atoms with Crippen LogP contribution >= 0.6 is 35.2 Å². The van der Waals surface area contributed by atoms with Gasteiger partial charge in [0.05, 0.1) is 23.4 Å². The molecule has 3 aromatic rings. The van der Waals surface area contributed by atoms with Crippen molar-refractivity contribution < 1.29 is 4.74 Å². The minimum Gasteiger partial charge on any atom is -0.378 e. The van der Waals surface area contributed by atoms with Gasteiger partial charge in [-0.2, -0.15) is 0 Å². The zero-order chi connectivity index (χ0) is 17.9. The highest BCUT2D eigenvalue weighted by atomic mass is 35.5. The molecule has 1 fully saturated rings. The number of thiazole rings is 1. The number of rotatable bonds is 3. The van der Waals surface area contributed by atoms with Crippen molar-refractivity contribution in [3.8, 4) is 0 Å². The molecule has 0 spiro atoms. The fourth-order valence-corrected chi connectivity index (χ4v) is 4.12. The average molecular weight is 405 g/mol. The Bertz CT molecular complexity index is 923. The lowest BCUT2D eigenvalue weighted by Gasteiger charge is -2.25. The molecule has 2 N–H and O–H groups in total. The first-order valence-electron chi connectivity index (χ1n) is 8.24. The molecule has 2 aromatic carbocycles. The quantitative estimate of drug-likeness (QED) is 0.622. The molecule has 0 aliphatic carbocycles. The summed E-state index contributed by atoms with van der Waals surface area (Å²) in [6, 6.07) is 13.5. The van der Waals surface area contributed by atoms with E-state index in [2.05, 4.69) is 21.6 Å². The molecule has 0 saturated carbocycles. The van der Waals surface area contributed by atoms with Crippen molar-refractivity contribution >= 4 is 67.0 Å².